The molecule has 0 aromatic carbocycles. The van der Waals surface area contributed by atoms with Gasteiger partial charge in [-0.25, -0.2) is 8.78 Å². The minimum Gasteiger partial charge on any atom is -0.358 e. The van der Waals surface area contributed by atoms with Crippen molar-refractivity contribution in [3.8, 4) is 0 Å². The van der Waals surface area contributed by atoms with Crippen molar-refractivity contribution < 1.29 is 13.6 Å². The Morgan fingerprint density at radius 2 is 2.19 bits per heavy atom. The molecule has 0 bridgehead atoms. The molecule has 2 rings (SSSR count). The van der Waals surface area contributed by atoms with Gasteiger partial charge in [0.25, 0.3) is 5.92 Å². The SMILES string of the molecule is CNC(=O)C1(c2cccnc2)CC(F)(F)C1. The molecule has 1 fully saturated rings. The Morgan fingerprint density at radius 1 is 1.50 bits per heavy atom. The van der Waals surface area contributed by atoms with Crippen LogP contribution in [0.2, 0.25) is 0 Å². The maximum atomic E-state index is 13.0. The Balaban J connectivity index is 2.35. The topological polar surface area (TPSA) is 42.0 Å². The van der Waals surface area contributed by atoms with Gasteiger partial charge in [0.2, 0.25) is 5.91 Å². The fraction of sp³-hybridized carbons (Fsp3) is 0.455. The number of hydrogen-bond acceptors (Lipinski definition) is 2. The van der Waals surface area contributed by atoms with Crippen LogP contribution in [0.4, 0.5) is 8.78 Å². The fourth-order valence-corrected chi connectivity index (χ4v) is 2.21. The number of rotatable bonds is 2. The van der Waals surface area contributed by atoms with Crippen molar-refractivity contribution >= 4 is 5.91 Å². The number of carbonyl (C=O) groups excluding carboxylic acids is 1. The second-order valence-corrected chi connectivity index (χ2v) is 4.11. The molecule has 0 atom stereocenters. The molecule has 86 valence electrons. The molecule has 5 heteroatoms. The molecule has 1 saturated carbocycles. The minimum absolute atomic E-state index is 0.369. The van der Waals surface area contributed by atoms with E-state index in [1.807, 2.05) is 0 Å². The maximum absolute atomic E-state index is 13.0. The van der Waals surface area contributed by atoms with E-state index in [0.717, 1.165) is 0 Å². The molecular weight excluding hydrogens is 214 g/mol. The Bertz CT molecular complexity index is 398. The van der Waals surface area contributed by atoms with Gasteiger partial charge in [-0.1, -0.05) is 6.07 Å². The quantitative estimate of drug-likeness (QED) is 0.830. The zero-order valence-corrected chi connectivity index (χ0v) is 8.84. The smallest absolute Gasteiger partial charge is 0.250 e. The van der Waals surface area contributed by atoms with Crippen LogP contribution in [-0.4, -0.2) is 23.9 Å². The summed E-state index contributed by atoms with van der Waals surface area (Å²) >= 11 is 0. The Kier molecular flexibility index (Phi) is 2.40. The van der Waals surface area contributed by atoms with Crippen molar-refractivity contribution in [2.24, 2.45) is 0 Å². The third-order valence-electron chi connectivity index (χ3n) is 3.00. The standard InChI is InChI=1S/C11H12F2N2O/c1-14-9(16)10(6-11(12,13)7-10)8-3-2-4-15-5-8/h2-5H,6-7H2,1H3,(H,14,16). The first-order valence-electron chi connectivity index (χ1n) is 5.01. The Morgan fingerprint density at radius 3 is 2.62 bits per heavy atom. The van der Waals surface area contributed by atoms with E-state index in [9.17, 15) is 13.6 Å². The van der Waals surface area contributed by atoms with Crippen molar-refractivity contribution in [2.75, 3.05) is 7.05 Å². The first kappa shape index (κ1) is 11.0. The van der Waals surface area contributed by atoms with E-state index in [1.165, 1.54) is 13.2 Å². The van der Waals surface area contributed by atoms with Crippen LogP contribution in [0.25, 0.3) is 0 Å². The van der Waals surface area contributed by atoms with Crippen molar-refractivity contribution in [1.82, 2.24) is 10.3 Å². The van der Waals surface area contributed by atoms with Crippen LogP contribution in [0, 0.1) is 0 Å². The number of amides is 1. The molecule has 3 nitrogen and oxygen atoms in total. The second kappa shape index (κ2) is 3.50. The molecule has 1 amide bonds. The highest BCUT2D eigenvalue weighted by Crippen LogP contribution is 2.53. The van der Waals surface area contributed by atoms with Gasteiger partial charge >= 0.3 is 0 Å². The van der Waals surface area contributed by atoms with Crippen LogP contribution in [0.3, 0.4) is 0 Å². The monoisotopic (exact) mass is 226 g/mol. The number of carbonyl (C=O) groups is 1. The molecular formula is C11H12F2N2O. The highest BCUT2D eigenvalue weighted by Gasteiger charge is 2.61. The lowest BCUT2D eigenvalue weighted by molar-refractivity contribution is -0.158. The number of likely N-dealkylation sites (N-methyl/N-ethyl adjacent to an activating group) is 1. The van der Waals surface area contributed by atoms with Crippen molar-refractivity contribution in [3.63, 3.8) is 0 Å². The molecule has 1 aromatic heterocycles. The molecule has 0 unspecified atom stereocenters. The summed E-state index contributed by atoms with van der Waals surface area (Å²) in [6, 6.07) is 3.31. The largest absolute Gasteiger partial charge is 0.358 e. The number of alkyl halides is 2. The Hall–Kier alpha value is -1.52. The van der Waals surface area contributed by atoms with Gasteiger partial charge < -0.3 is 5.32 Å². The van der Waals surface area contributed by atoms with Crippen LogP contribution in [0.15, 0.2) is 24.5 Å². The van der Waals surface area contributed by atoms with Crippen LogP contribution < -0.4 is 5.32 Å². The van der Waals surface area contributed by atoms with E-state index in [0.29, 0.717) is 5.56 Å². The van der Waals surface area contributed by atoms with E-state index >= 15 is 0 Å². The number of hydrogen-bond donors (Lipinski definition) is 1. The zero-order valence-electron chi connectivity index (χ0n) is 8.84. The van der Waals surface area contributed by atoms with Gasteiger partial charge in [0.15, 0.2) is 0 Å². The van der Waals surface area contributed by atoms with E-state index in [4.69, 9.17) is 0 Å². The van der Waals surface area contributed by atoms with Crippen molar-refractivity contribution in [1.29, 1.82) is 0 Å². The summed E-state index contributed by atoms with van der Waals surface area (Å²) < 4.78 is 26.0. The molecule has 1 aromatic rings. The molecule has 0 saturated heterocycles. The van der Waals surface area contributed by atoms with Crippen molar-refractivity contribution in [3.05, 3.63) is 30.1 Å². The molecule has 0 spiro atoms. The summed E-state index contributed by atoms with van der Waals surface area (Å²) in [6.07, 6.45) is 2.15. The number of pyridine rings is 1. The number of nitrogens with zero attached hydrogens (tertiary/aromatic N) is 1. The molecule has 1 N–H and O–H groups in total. The van der Waals surface area contributed by atoms with Gasteiger partial charge in [0, 0.05) is 32.3 Å². The fourth-order valence-electron chi connectivity index (χ4n) is 2.21. The summed E-state index contributed by atoms with van der Waals surface area (Å²) in [4.78, 5) is 15.6. The number of halogens is 2. The van der Waals surface area contributed by atoms with Crippen LogP contribution in [-0.2, 0) is 10.2 Å². The lowest BCUT2D eigenvalue weighted by atomic mass is 9.62. The molecule has 16 heavy (non-hydrogen) atoms. The van der Waals surface area contributed by atoms with Crippen molar-refractivity contribution in [2.45, 2.75) is 24.2 Å². The van der Waals surface area contributed by atoms with Gasteiger partial charge in [-0.15, -0.1) is 0 Å². The maximum Gasteiger partial charge on any atom is 0.250 e. The summed E-state index contributed by atoms with van der Waals surface area (Å²) in [6.45, 7) is 0. The molecule has 1 heterocycles. The summed E-state index contributed by atoms with van der Waals surface area (Å²) in [5.41, 5.74) is -0.549. The molecule has 0 radical (unpaired) electrons. The highest BCUT2D eigenvalue weighted by molar-refractivity contribution is 5.89. The molecule has 1 aliphatic carbocycles. The van der Waals surface area contributed by atoms with E-state index in [1.54, 1.807) is 18.3 Å². The first-order valence-corrected chi connectivity index (χ1v) is 5.01. The van der Waals surface area contributed by atoms with Gasteiger partial charge in [-0.3, -0.25) is 9.78 Å². The molecule has 0 aliphatic heterocycles. The van der Waals surface area contributed by atoms with E-state index in [-0.39, 0.29) is 5.91 Å². The first-order chi connectivity index (χ1) is 7.50. The second-order valence-electron chi connectivity index (χ2n) is 4.11. The normalized spacial score (nSPS) is 20.9. The summed E-state index contributed by atoms with van der Waals surface area (Å²) in [5.74, 6) is -3.12. The summed E-state index contributed by atoms with van der Waals surface area (Å²) in [5, 5.41) is 2.44. The van der Waals surface area contributed by atoms with Crippen LogP contribution >= 0.6 is 0 Å². The molecule has 1 aliphatic rings. The van der Waals surface area contributed by atoms with Gasteiger partial charge in [0.1, 0.15) is 0 Å². The van der Waals surface area contributed by atoms with Crippen LogP contribution in [0.1, 0.15) is 18.4 Å². The van der Waals surface area contributed by atoms with Crippen LogP contribution in [0.5, 0.6) is 0 Å². The zero-order chi connectivity index (χ0) is 11.8. The third-order valence-corrected chi connectivity index (χ3v) is 3.00. The average Bonchev–Trinajstić information content (AvgIpc) is 2.25. The number of nitrogens with one attached hydrogen (secondary N) is 1. The lowest BCUT2D eigenvalue weighted by Gasteiger charge is -2.45. The predicted octanol–water partition coefficient (Wildman–Crippen LogP) is 1.49. The van der Waals surface area contributed by atoms with Gasteiger partial charge in [-0.2, -0.15) is 0 Å². The highest BCUT2D eigenvalue weighted by atomic mass is 19.3. The van der Waals surface area contributed by atoms with E-state index in [2.05, 4.69) is 10.3 Å². The van der Waals surface area contributed by atoms with Gasteiger partial charge in [0.05, 0.1) is 5.41 Å². The summed E-state index contributed by atoms with van der Waals surface area (Å²) in [7, 11) is 1.46. The average molecular weight is 226 g/mol. The third kappa shape index (κ3) is 1.56. The minimum atomic E-state index is -2.75. The van der Waals surface area contributed by atoms with E-state index < -0.39 is 24.2 Å². The number of aromatic nitrogens is 1. The Labute approximate surface area is 91.9 Å². The van der Waals surface area contributed by atoms with Gasteiger partial charge in [-0.05, 0) is 11.6 Å². The predicted molar refractivity (Wildman–Crippen MR) is 54.2 cm³/mol. The lowest BCUT2D eigenvalue weighted by Crippen LogP contribution is -2.57.